The zero-order valence-corrected chi connectivity index (χ0v) is 11.7. The minimum Gasteiger partial charge on any atom is -0.350 e. The molecule has 0 heterocycles. The van der Waals surface area contributed by atoms with Crippen molar-refractivity contribution in [1.82, 2.24) is 10.6 Å². The standard InChI is InChI=1S/C12H25N3O2/c1-11(2,3)9(13)10(17)14-7-8(16)15-12(4,5)6/h9H,7,13H2,1-6H3,(H,14,17)(H,15,16)/t9-/m0/s1. The zero-order valence-electron chi connectivity index (χ0n) is 11.7. The van der Waals surface area contributed by atoms with E-state index in [1.807, 2.05) is 41.5 Å². The third kappa shape index (κ3) is 6.94. The van der Waals surface area contributed by atoms with Gasteiger partial charge in [-0.05, 0) is 26.2 Å². The molecule has 2 amide bonds. The molecule has 0 aliphatic carbocycles. The third-order valence-corrected chi connectivity index (χ3v) is 2.15. The van der Waals surface area contributed by atoms with Crippen molar-refractivity contribution in [3.63, 3.8) is 0 Å². The van der Waals surface area contributed by atoms with Gasteiger partial charge in [-0.2, -0.15) is 0 Å². The van der Waals surface area contributed by atoms with Crippen LogP contribution in [0, 0.1) is 5.41 Å². The second-order valence-corrected chi connectivity index (χ2v) is 6.36. The number of carbonyl (C=O) groups is 2. The third-order valence-electron chi connectivity index (χ3n) is 2.15. The zero-order chi connectivity index (χ0) is 13.9. The Hall–Kier alpha value is -1.10. The minimum atomic E-state index is -0.620. The molecule has 5 nitrogen and oxygen atoms in total. The highest BCUT2D eigenvalue weighted by atomic mass is 16.2. The van der Waals surface area contributed by atoms with Crippen LogP contribution < -0.4 is 16.4 Å². The van der Waals surface area contributed by atoms with Crippen molar-refractivity contribution in [2.45, 2.75) is 53.1 Å². The van der Waals surface area contributed by atoms with Crippen molar-refractivity contribution in [1.29, 1.82) is 0 Å². The largest absolute Gasteiger partial charge is 0.350 e. The number of nitrogens with two attached hydrogens (primary N) is 1. The Labute approximate surface area is 104 Å². The molecule has 0 saturated carbocycles. The minimum absolute atomic E-state index is 0.0418. The molecule has 0 aromatic rings. The molecule has 0 unspecified atom stereocenters. The fourth-order valence-corrected chi connectivity index (χ4v) is 1.13. The van der Waals surface area contributed by atoms with Crippen LogP contribution in [0.1, 0.15) is 41.5 Å². The SMILES string of the molecule is CC(C)(C)NC(=O)CNC(=O)[C@H](N)C(C)(C)C. The highest BCUT2D eigenvalue weighted by Gasteiger charge is 2.27. The average Bonchev–Trinajstić information content (AvgIpc) is 2.08. The Balaban J connectivity index is 4.14. The molecule has 0 saturated heterocycles. The molecule has 17 heavy (non-hydrogen) atoms. The van der Waals surface area contributed by atoms with Gasteiger partial charge in [-0.1, -0.05) is 20.8 Å². The fourth-order valence-electron chi connectivity index (χ4n) is 1.13. The van der Waals surface area contributed by atoms with Gasteiger partial charge in [-0.15, -0.1) is 0 Å². The van der Waals surface area contributed by atoms with Crippen LogP contribution in [-0.4, -0.2) is 29.9 Å². The van der Waals surface area contributed by atoms with Gasteiger partial charge >= 0.3 is 0 Å². The molecule has 4 N–H and O–H groups in total. The second-order valence-electron chi connectivity index (χ2n) is 6.36. The maximum atomic E-state index is 11.6. The van der Waals surface area contributed by atoms with Crippen LogP contribution in [0.3, 0.4) is 0 Å². The van der Waals surface area contributed by atoms with E-state index in [0.29, 0.717) is 0 Å². The van der Waals surface area contributed by atoms with Crippen molar-refractivity contribution in [3.8, 4) is 0 Å². The van der Waals surface area contributed by atoms with E-state index in [0.717, 1.165) is 0 Å². The molecule has 0 rings (SSSR count). The van der Waals surface area contributed by atoms with E-state index < -0.39 is 6.04 Å². The highest BCUT2D eigenvalue weighted by Crippen LogP contribution is 2.16. The summed E-state index contributed by atoms with van der Waals surface area (Å²) in [6.07, 6.45) is 0. The van der Waals surface area contributed by atoms with E-state index in [9.17, 15) is 9.59 Å². The van der Waals surface area contributed by atoms with E-state index in [2.05, 4.69) is 10.6 Å². The van der Waals surface area contributed by atoms with Crippen molar-refractivity contribution in [2.24, 2.45) is 11.1 Å². The summed E-state index contributed by atoms with van der Waals surface area (Å²) in [4.78, 5) is 23.1. The molecule has 0 aliphatic heterocycles. The summed E-state index contributed by atoms with van der Waals surface area (Å²) in [5.41, 5.74) is 5.15. The highest BCUT2D eigenvalue weighted by molar-refractivity contribution is 5.87. The lowest BCUT2D eigenvalue weighted by Crippen LogP contribution is -2.52. The van der Waals surface area contributed by atoms with Crippen LogP contribution in [0.25, 0.3) is 0 Å². The monoisotopic (exact) mass is 243 g/mol. The molecule has 1 atom stereocenters. The van der Waals surface area contributed by atoms with Gasteiger partial charge in [0.25, 0.3) is 0 Å². The summed E-state index contributed by atoms with van der Waals surface area (Å²) in [6.45, 7) is 11.3. The van der Waals surface area contributed by atoms with E-state index in [1.165, 1.54) is 0 Å². The van der Waals surface area contributed by atoms with Gasteiger partial charge in [0.1, 0.15) is 0 Å². The van der Waals surface area contributed by atoms with Gasteiger partial charge in [0.2, 0.25) is 11.8 Å². The molecule has 5 heteroatoms. The molecular weight excluding hydrogens is 218 g/mol. The summed E-state index contributed by atoms with van der Waals surface area (Å²) in [5.74, 6) is -0.520. The van der Waals surface area contributed by atoms with Crippen molar-refractivity contribution in [3.05, 3.63) is 0 Å². The maximum absolute atomic E-state index is 11.6. The predicted molar refractivity (Wildman–Crippen MR) is 68.3 cm³/mol. The van der Waals surface area contributed by atoms with Crippen molar-refractivity contribution < 1.29 is 9.59 Å². The van der Waals surface area contributed by atoms with Crippen LogP contribution in [0.2, 0.25) is 0 Å². The van der Waals surface area contributed by atoms with Gasteiger partial charge in [-0.25, -0.2) is 0 Å². The number of amides is 2. The number of carbonyl (C=O) groups excluding carboxylic acids is 2. The molecular formula is C12H25N3O2. The first kappa shape index (κ1) is 15.9. The number of hydrogen-bond acceptors (Lipinski definition) is 3. The lowest BCUT2D eigenvalue weighted by molar-refractivity contribution is -0.128. The fraction of sp³-hybridized carbons (Fsp3) is 0.833. The summed E-state index contributed by atoms with van der Waals surface area (Å²) < 4.78 is 0. The molecule has 0 aliphatic rings. The van der Waals surface area contributed by atoms with Crippen LogP contribution in [0.5, 0.6) is 0 Å². The molecule has 0 aromatic carbocycles. The molecule has 100 valence electrons. The van der Waals surface area contributed by atoms with E-state index in [-0.39, 0.29) is 29.3 Å². The van der Waals surface area contributed by atoms with E-state index in [4.69, 9.17) is 5.73 Å². The molecule has 0 aromatic heterocycles. The molecule has 0 fully saturated rings. The van der Waals surface area contributed by atoms with Gasteiger partial charge in [0.05, 0.1) is 12.6 Å². The Bertz CT molecular complexity index is 287. The summed E-state index contributed by atoms with van der Waals surface area (Å²) in [6, 6.07) is -0.620. The Morgan fingerprint density at radius 3 is 1.94 bits per heavy atom. The first-order valence-corrected chi connectivity index (χ1v) is 5.78. The van der Waals surface area contributed by atoms with E-state index in [1.54, 1.807) is 0 Å². The quantitative estimate of drug-likeness (QED) is 0.670. The Kier molecular flexibility index (Phi) is 5.13. The van der Waals surface area contributed by atoms with Crippen LogP contribution in [0.15, 0.2) is 0 Å². The van der Waals surface area contributed by atoms with Crippen LogP contribution in [0.4, 0.5) is 0 Å². The van der Waals surface area contributed by atoms with Gasteiger partial charge < -0.3 is 16.4 Å². The second kappa shape index (κ2) is 5.49. The first-order valence-electron chi connectivity index (χ1n) is 5.78. The normalized spacial score (nSPS) is 14.1. The van der Waals surface area contributed by atoms with Crippen molar-refractivity contribution >= 4 is 11.8 Å². The van der Waals surface area contributed by atoms with Gasteiger partial charge in [0.15, 0.2) is 0 Å². The summed E-state index contributed by atoms with van der Waals surface area (Å²) >= 11 is 0. The van der Waals surface area contributed by atoms with Gasteiger partial charge in [0, 0.05) is 5.54 Å². The molecule has 0 radical (unpaired) electrons. The maximum Gasteiger partial charge on any atom is 0.239 e. The average molecular weight is 243 g/mol. The topological polar surface area (TPSA) is 84.2 Å². The lowest BCUT2D eigenvalue weighted by Gasteiger charge is -2.26. The van der Waals surface area contributed by atoms with Crippen LogP contribution >= 0.6 is 0 Å². The molecule has 0 spiro atoms. The Morgan fingerprint density at radius 1 is 1.12 bits per heavy atom. The molecule has 0 bridgehead atoms. The first-order chi connectivity index (χ1) is 7.43. The van der Waals surface area contributed by atoms with Gasteiger partial charge in [-0.3, -0.25) is 9.59 Å². The summed E-state index contributed by atoms with van der Waals surface area (Å²) in [7, 11) is 0. The smallest absolute Gasteiger partial charge is 0.239 e. The van der Waals surface area contributed by atoms with E-state index >= 15 is 0 Å². The Morgan fingerprint density at radius 2 is 1.59 bits per heavy atom. The number of nitrogens with one attached hydrogen (secondary N) is 2. The lowest BCUT2D eigenvalue weighted by atomic mass is 9.87. The summed E-state index contributed by atoms with van der Waals surface area (Å²) in [5, 5.41) is 5.29. The predicted octanol–water partition coefficient (Wildman–Crippen LogP) is 0.391. The number of rotatable bonds is 3. The number of hydrogen-bond donors (Lipinski definition) is 3. The van der Waals surface area contributed by atoms with Crippen LogP contribution in [-0.2, 0) is 9.59 Å². The van der Waals surface area contributed by atoms with Crippen molar-refractivity contribution in [2.75, 3.05) is 6.54 Å².